The topological polar surface area (TPSA) is 105 Å². The number of aliphatic hydroxyl groups is 2. The first kappa shape index (κ1) is 29.0. The van der Waals surface area contributed by atoms with Gasteiger partial charge in [0.05, 0.1) is 6.10 Å². The van der Waals surface area contributed by atoms with Crippen LogP contribution in [-0.2, 0) is 21.4 Å². The maximum Gasteiger partial charge on any atom is 0.344 e. The van der Waals surface area contributed by atoms with E-state index in [4.69, 9.17) is 4.74 Å². The third kappa shape index (κ3) is 3.78. The van der Waals surface area contributed by atoms with Crippen LogP contribution in [0.15, 0.2) is 48.3 Å². The second-order valence-electron chi connectivity index (χ2n) is 11.9. The van der Waals surface area contributed by atoms with E-state index in [-0.39, 0.29) is 47.7 Å². The molecule has 0 spiro atoms. The molecule has 1 aromatic rings. The summed E-state index contributed by atoms with van der Waals surface area (Å²) in [6.45, 7) is 4.65. The number of fused-ring (bicyclic) bond motifs is 5. The Morgan fingerprint density at radius 1 is 1.26 bits per heavy atom. The number of Topliss-reactive ketones (excluding diaryl/α,β-unsaturated/α-hetero) is 1. The van der Waals surface area contributed by atoms with Crippen LogP contribution in [0.2, 0.25) is 0 Å². The van der Waals surface area contributed by atoms with E-state index >= 15 is 4.39 Å². The number of nitrogens with zero attached hydrogens (tertiary/aromatic N) is 1. The Hall–Kier alpha value is -1.98. The number of aryl methyl sites for hydroxylation is 1. The van der Waals surface area contributed by atoms with E-state index in [2.05, 4.69) is 0 Å². The first-order valence-electron chi connectivity index (χ1n) is 13.0. The first-order chi connectivity index (χ1) is 17.3. The van der Waals surface area contributed by atoms with Crippen LogP contribution in [0.5, 0.6) is 0 Å². The molecule has 2 N–H and O–H groups in total. The highest BCUT2D eigenvalue weighted by Gasteiger charge is 2.75. The van der Waals surface area contributed by atoms with Crippen molar-refractivity contribution in [1.82, 2.24) is 0 Å². The predicted octanol–water partition coefficient (Wildman–Crippen LogP) is -0.411. The van der Waals surface area contributed by atoms with Crippen LogP contribution in [0.4, 0.5) is 4.39 Å². The summed E-state index contributed by atoms with van der Waals surface area (Å²) in [6.07, 6.45) is 7.52. The maximum absolute atomic E-state index is 17.2. The van der Waals surface area contributed by atoms with Crippen LogP contribution in [0.3, 0.4) is 0 Å². The summed E-state index contributed by atoms with van der Waals surface area (Å²) in [5, 5.41) is 23.4. The van der Waals surface area contributed by atoms with E-state index in [0.29, 0.717) is 24.8 Å². The van der Waals surface area contributed by atoms with Crippen molar-refractivity contribution < 1.29 is 62.3 Å². The second kappa shape index (κ2) is 9.59. The van der Waals surface area contributed by atoms with Gasteiger partial charge >= 0.3 is 5.97 Å². The Labute approximate surface area is 239 Å². The zero-order chi connectivity index (χ0) is 27.0. The number of alkyl halides is 1. The van der Waals surface area contributed by atoms with Gasteiger partial charge in [-0.05, 0) is 62.7 Å². The fourth-order valence-corrected chi connectivity index (χ4v) is 8.17. The van der Waals surface area contributed by atoms with Gasteiger partial charge in [0.15, 0.2) is 30.5 Å². The van der Waals surface area contributed by atoms with Crippen molar-refractivity contribution in [2.24, 2.45) is 35.6 Å². The van der Waals surface area contributed by atoms with Gasteiger partial charge in [-0.3, -0.25) is 9.59 Å². The number of rotatable bonds is 4. The smallest absolute Gasteiger partial charge is 0.344 e. The van der Waals surface area contributed by atoms with Crippen molar-refractivity contribution in [1.29, 1.82) is 0 Å². The van der Waals surface area contributed by atoms with Crippen LogP contribution in [0.1, 0.15) is 56.8 Å². The molecule has 3 saturated carbocycles. The largest absolute Gasteiger partial charge is 1.00 e. The number of hydrogen-bond donors (Lipinski definition) is 2. The van der Waals surface area contributed by atoms with Crippen LogP contribution < -0.4 is 28.5 Å². The molecule has 7 nitrogen and oxygen atoms in total. The number of carbonyl (C=O) groups is 3. The molecule has 0 aromatic carbocycles. The van der Waals surface area contributed by atoms with Gasteiger partial charge in [0, 0.05) is 22.8 Å². The highest BCUT2D eigenvalue weighted by atomic mass is 127. The molecule has 3 fully saturated rings. The molecule has 0 saturated heterocycles. The van der Waals surface area contributed by atoms with Crippen LogP contribution >= 0.6 is 0 Å². The molecule has 38 heavy (non-hydrogen) atoms. The van der Waals surface area contributed by atoms with Gasteiger partial charge in [-0.2, -0.15) is 0 Å². The zero-order valence-corrected chi connectivity index (χ0v) is 24.3. The lowest BCUT2D eigenvalue weighted by Gasteiger charge is -2.62. The number of aliphatic hydroxyl groups excluding tert-OH is 1. The molecule has 8 atom stereocenters. The monoisotopic (exact) mass is 639 g/mol. The zero-order valence-electron chi connectivity index (χ0n) is 22.1. The van der Waals surface area contributed by atoms with Gasteiger partial charge in [-0.25, -0.2) is 13.8 Å². The van der Waals surface area contributed by atoms with Crippen molar-refractivity contribution in [2.45, 2.75) is 63.8 Å². The number of ketones is 2. The van der Waals surface area contributed by atoms with Crippen LogP contribution in [-0.4, -0.2) is 51.7 Å². The fraction of sp³-hybridized carbons (Fsp3) is 0.586. The molecule has 9 heteroatoms. The van der Waals surface area contributed by atoms with Gasteiger partial charge in [-0.1, -0.05) is 25.5 Å². The van der Waals surface area contributed by atoms with E-state index in [1.165, 1.54) is 12.2 Å². The molecule has 206 valence electrons. The Morgan fingerprint density at radius 2 is 1.97 bits per heavy atom. The fourth-order valence-electron chi connectivity index (χ4n) is 8.17. The molecule has 5 rings (SSSR count). The minimum absolute atomic E-state index is 0. The normalized spacial score (nSPS) is 41.2. The summed E-state index contributed by atoms with van der Waals surface area (Å²) in [4.78, 5) is 38.1. The standard InChI is InChI=1S/C29H35FNO6.HI/c1-17-12-22-21-8-7-19-13-20(32)9-10-26(19,2)28(21,30)23(33)14-27(22,3)29(17,36)24(34)16-37-25(35)18-6-5-11-31(4)15-18;/h5-6,9-11,13,15,17,21-23,33,36H,7-8,12,14,16H2,1-4H3;1H/q+1;/p-1/t17-,21?,22?,23+,26+,27+,28?,29+;/m1./s1. The van der Waals surface area contributed by atoms with Gasteiger partial charge in [0.1, 0.15) is 18.2 Å². The summed E-state index contributed by atoms with van der Waals surface area (Å²) < 4.78 is 24.2. The van der Waals surface area contributed by atoms with E-state index < -0.39 is 58.4 Å². The maximum atomic E-state index is 17.2. The third-order valence-corrected chi connectivity index (χ3v) is 10.2. The predicted molar refractivity (Wildman–Crippen MR) is 131 cm³/mol. The molecule has 0 radical (unpaired) electrons. The van der Waals surface area contributed by atoms with Crippen molar-refractivity contribution >= 4 is 17.5 Å². The van der Waals surface area contributed by atoms with Crippen LogP contribution in [0, 0.1) is 28.6 Å². The molecule has 1 aromatic heterocycles. The number of allylic oxidation sites excluding steroid dienone is 4. The number of aromatic nitrogens is 1. The van der Waals surface area contributed by atoms with E-state index in [9.17, 15) is 24.6 Å². The molecule has 3 unspecified atom stereocenters. The molecule has 4 aliphatic rings. The Balaban J connectivity index is 0.00000336. The summed E-state index contributed by atoms with van der Waals surface area (Å²) in [5.74, 6) is -3.01. The summed E-state index contributed by atoms with van der Waals surface area (Å²) in [5.41, 5.74) is -5.22. The quantitative estimate of drug-likeness (QED) is 0.264. The van der Waals surface area contributed by atoms with Crippen molar-refractivity contribution in [3.05, 3.63) is 53.9 Å². The van der Waals surface area contributed by atoms with Gasteiger partial charge in [0.2, 0.25) is 5.78 Å². The minimum atomic E-state index is -2.04. The minimum Gasteiger partial charge on any atom is -1.00 e. The first-order valence-corrected chi connectivity index (χ1v) is 13.0. The van der Waals surface area contributed by atoms with Gasteiger partial charge in [0.25, 0.3) is 0 Å². The van der Waals surface area contributed by atoms with Crippen LogP contribution in [0.25, 0.3) is 0 Å². The average Bonchev–Trinajstić information content (AvgIpc) is 3.05. The number of carbonyl (C=O) groups excluding carboxylic acids is 3. The van der Waals surface area contributed by atoms with E-state index in [1.54, 1.807) is 63.0 Å². The number of esters is 1. The number of halogens is 2. The SMILES string of the molecule is C[C@@H]1CC2C3CCC4=CC(=O)C=C[C@]4(C)C3(F)[C@@H](O)C[C@]2(C)[C@@]1(O)C(=O)COC(=O)c1ccc[n+](C)c1.[I-]. The average molecular weight is 640 g/mol. The third-order valence-electron chi connectivity index (χ3n) is 10.2. The van der Waals surface area contributed by atoms with Gasteiger partial charge < -0.3 is 38.9 Å². The Bertz CT molecular complexity index is 1250. The Morgan fingerprint density at radius 3 is 2.66 bits per heavy atom. The second-order valence-corrected chi connectivity index (χ2v) is 11.9. The lowest BCUT2D eigenvalue weighted by molar-refractivity contribution is -0.671. The lowest BCUT2D eigenvalue weighted by Crippen LogP contribution is -3.00. The highest BCUT2D eigenvalue weighted by molar-refractivity contribution is 6.01. The molecule has 1 heterocycles. The molecular formula is C29H35FINO6. The molecular weight excluding hydrogens is 604 g/mol. The lowest BCUT2D eigenvalue weighted by atomic mass is 9.44. The summed E-state index contributed by atoms with van der Waals surface area (Å²) in [6, 6.07) is 3.26. The summed E-state index contributed by atoms with van der Waals surface area (Å²) in [7, 11) is 1.76. The van der Waals surface area contributed by atoms with Gasteiger partial charge in [-0.15, -0.1) is 0 Å². The van der Waals surface area contributed by atoms with Crippen molar-refractivity contribution in [2.75, 3.05) is 6.61 Å². The highest BCUT2D eigenvalue weighted by Crippen LogP contribution is 2.70. The Kier molecular flexibility index (Phi) is 7.32. The molecule has 0 bridgehead atoms. The van der Waals surface area contributed by atoms with E-state index in [1.807, 2.05) is 0 Å². The number of ether oxygens (including phenoxy) is 1. The number of pyridine rings is 1. The molecule has 4 aliphatic carbocycles. The summed E-state index contributed by atoms with van der Waals surface area (Å²) >= 11 is 0. The van der Waals surface area contributed by atoms with E-state index in [0.717, 1.165) is 0 Å². The molecule has 0 amide bonds. The van der Waals surface area contributed by atoms with Crippen molar-refractivity contribution in [3.63, 3.8) is 0 Å². The number of hydrogen-bond acceptors (Lipinski definition) is 6. The van der Waals surface area contributed by atoms with Crippen molar-refractivity contribution in [3.8, 4) is 0 Å². The molecule has 0 aliphatic heterocycles.